The van der Waals surface area contributed by atoms with Crippen molar-refractivity contribution in [1.82, 2.24) is 5.32 Å². The zero-order valence-corrected chi connectivity index (χ0v) is 13.9. The van der Waals surface area contributed by atoms with E-state index in [1.54, 1.807) is 0 Å². The van der Waals surface area contributed by atoms with Crippen LogP contribution in [0.1, 0.15) is 16.7 Å². The fourth-order valence-electron chi connectivity index (χ4n) is 2.14. The van der Waals surface area contributed by atoms with E-state index in [2.05, 4.69) is 5.32 Å². The van der Waals surface area contributed by atoms with Crippen LogP contribution in [0.4, 0.5) is 0 Å². The summed E-state index contributed by atoms with van der Waals surface area (Å²) in [5.74, 6) is 1.40. The fourth-order valence-corrected chi connectivity index (χ4v) is 2.14. The topological polar surface area (TPSA) is 47.6 Å². The van der Waals surface area contributed by atoms with Gasteiger partial charge in [-0.2, -0.15) is 0 Å². The first-order valence-electron chi connectivity index (χ1n) is 7.71. The van der Waals surface area contributed by atoms with Gasteiger partial charge >= 0.3 is 0 Å². The molecule has 0 atom stereocenters. The molecular weight excluding hydrogens is 290 g/mol. The third-order valence-corrected chi connectivity index (χ3v) is 3.60. The zero-order chi connectivity index (χ0) is 16.7. The van der Waals surface area contributed by atoms with Crippen molar-refractivity contribution in [3.8, 4) is 11.5 Å². The van der Waals surface area contributed by atoms with Crippen LogP contribution >= 0.6 is 0 Å². The number of hydrogen-bond acceptors (Lipinski definition) is 3. The van der Waals surface area contributed by atoms with Gasteiger partial charge < -0.3 is 14.8 Å². The number of carbonyl (C=O) groups excluding carboxylic acids is 1. The molecule has 4 nitrogen and oxygen atoms in total. The molecule has 0 fully saturated rings. The summed E-state index contributed by atoms with van der Waals surface area (Å²) in [5, 5.41) is 2.78. The molecule has 2 aromatic rings. The number of ether oxygens (including phenoxy) is 2. The number of carbonyl (C=O) groups is 1. The van der Waals surface area contributed by atoms with Crippen LogP contribution in [0.15, 0.2) is 42.5 Å². The Morgan fingerprint density at radius 2 is 1.83 bits per heavy atom. The lowest BCUT2D eigenvalue weighted by atomic mass is 10.1. The Hall–Kier alpha value is -2.49. The lowest BCUT2D eigenvalue weighted by Gasteiger charge is -2.11. The quantitative estimate of drug-likeness (QED) is 0.799. The third-order valence-electron chi connectivity index (χ3n) is 3.60. The van der Waals surface area contributed by atoms with Crippen LogP contribution in [-0.4, -0.2) is 25.7 Å². The Balaban J connectivity index is 1.68. The lowest BCUT2D eigenvalue weighted by molar-refractivity contribution is -0.123. The molecule has 2 aromatic carbocycles. The minimum absolute atomic E-state index is 0.00867. The van der Waals surface area contributed by atoms with Gasteiger partial charge in [0.15, 0.2) is 6.61 Å². The first kappa shape index (κ1) is 16.9. The summed E-state index contributed by atoms with van der Waals surface area (Å²) >= 11 is 0. The van der Waals surface area contributed by atoms with Gasteiger partial charge in [-0.25, -0.2) is 0 Å². The summed E-state index contributed by atoms with van der Waals surface area (Å²) in [6, 6.07) is 13.6. The molecule has 0 saturated heterocycles. The van der Waals surface area contributed by atoms with E-state index in [-0.39, 0.29) is 12.5 Å². The molecule has 0 aliphatic carbocycles. The molecule has 0 aliphatic heterocycles. The number of nitrogens with one attached hydrogen (secondary N) is 1. The smallest absolute Gasteiger partial charge is 0.258 e. The number of aryl methyl sites for hydroxylation is 2. The maximum atomic E-state index is 11.8. The molecule has 0 radical (unpaired) electrons. The number of amides is 1. The van der Waals surface area contributed by atoms with Crippen molar-refractivity contribution in [3.63, 3.8) is 0 Å². The molecular formula is C19H23NO3. The largest absolute Gasteiger partial charge is 0.492 e. The van der Waals surface area contributed by atoms with Crippen LogP contribution in [0.3, 0.4) is 0 Å². The summed E-state index contributed by atoms with van der Waals surface area (Å²) in [6.45, 7) is 6.90. The first-order chi connectivity index (χ1) is 11.1. The first-order valence-corrected chi connectivity index (χ1v) is 7.71. The average molecular weight is 313 g/mol. The van der Waals surface area contributed by atoms with Gasteiger partial charge in [0.05, 0.1) is 6.54 Å². The second kappa shape index (κ2) is 8.22. The standard InChI is InChI=1S/C19H23NO3/c1-14-6-4-8-17(12-14)22-11-10-20-19(21)13-23-18-9-5-7-15(2)16(18)3/h4-9,12H,10-11,13H2,1-3H3,(H,20,21). The molecule has 0 unspecified atom stereocenters. The van der Waals surface area contributed by atoms with E-state index >= 15 is 0 Å². The number of hydrogen-bond donors (Lipinski definition) is 1. The molecule has 0 saturated carbocycles. The number of rotatable bonds is 7. The SMILES string of the molecule is Cc1cccc(OCCNC(=O)COc2cccc(C)c2C)c1. The molecule has 1 N–H and O–H groups in total. The normalized spacial score (nSPS) is 10.2. The molecule has 0 heterocycles. The Bertz CT molecular complexity index is 667. The van der Waals surface area contributed by atoms with E-state index in [1.165, 1.54) is 0 Å². The summed E-state index contributed by atoms with van der Waals surface area (Å²) < 4.78 is 11.1. The maximum Gasteiger partial charge on any atom is 0.258 e. The third kappa shape index (κ3) is 5.33. The highest BCUT2D eigenvalue weighted by atomic mass is 16.5. The van der Waals surface area contributed by atoms with Gasteiger partial charge in [-0.05, 0) is 55.7 Å². The van der Waals surface area contributed by atoms with Crippen molar-refractivity contribution >= 4 is 5.91 Å². The second-order valence-electron chi connectivity index (χ2n) is 5.50. The maximum absolute atomic E-state index is 11.8. The van der Waals surface area contributed by atoms with Gasteiger partial charge in [0, 0.05) is 0 Å². The molecule has 0 aromatic heterocycles. The molecule has 122 valence electrons. The predicted octanol–water partition coefficient (Wildman–Crippen LogP) is 3.19. The molecule has 23 heavy (non-hydrogen) atoms. The van der Waals surface area contributed by atoms with E-state index in [0.717, 1.165) is 28.2 Å². The summed E-state index contributed by atoms with van der Waals surface area (Å²) in [7, 11) is 0. The molecule has 0 spiro atoms. The van der Waals surface area contributed by atoms with Crippen molar-refractivity contribution in [3.05, 3.63) is 59.2 Å². The van der Waals surface area contributed by atoms with E-state index < -0.39 is 0 Å². The van der Waals surface area contributed by atoms with Crippen LogP contribution in [0.5, 0.6) is 11.5 Å². The van der Waals surface area contributed by atoms with Crippen LogP contribution in [0.2, 0.25) is 0 Å². The van der Waals surface area contributed by atoms with E-state index in [9.17, 15) is 4.79 Å². The highest BCUT2D eigenvalue weighted by Gasteiger charge is 2.05. The van der Waals surface area contributed by atoms with Crippen molar-refractivity contribution in [2.75, 3.05) is 19.8 Å². The van der Waals surface area contributed by atoms with Crippen molar-refractivity contribution in [2.24, 2.45) is 0 Å². The Morgan fingerprint density at radius 3 is 2.61 bits per heavy atom. The molecule has 4 heteroatoms. The summed E-state index contributed by atoms with van der Waals surface area (Å²) in [6.07, 6.45) is 0. The lowest BCUT2D eigenvalue weighted by Crippen LogP contribution is -2.32. The van der Waals surface area contributed by atoms with E-state index in [4.69, 9.17) is 9.47 Å². The number of benzene rings is 2. The predicted molar refractivity (Wildman–Crippen MR) is 91.1 cm³/mol. The second-order valence-corrected chi connectivity index (χ2v) is 5.50. The highest BCUT2D eigenvalue weighted by molar-refractivity contribution is 5.77. The summed E-state index contributed by atoms with van der Waals surface area (Å²) in [4.78, 5) is 11.8. The van der Waals surface area contributed by atoms with Crippen LogP contribution in [0.25, 0.3) is 0 Å². The highest BCUT2D eigenvalue weighted by Crippen LogP contribution is 2.20. The van der Waals surface area contributed by atoms with Gasteiger partial charge in [0.25, 0.3) is 5.91 Å². The monoisotopic (exact) mass is 313 g/mol. The van der Waals surface area contributed by atoms with Gasteiger partial charge in [0.2, 0.25) is 0 Å². The average Bonchev–Trinajstić information content (AvgIpc) is 2.53. The van der Waals surface area contributed by atoms with Crippen molar-refractivity contribution in [1.29, 1.82) is 0 Å². The van der Waals surface area contributed by atoms with Crippen LogP contribution < -0.4 is 14.8 Å². The van der Waals surface area contributed by atoms with E-state index in [1.807, 2.05) is 63.2 Å². The minimum Gasteiger partial charge on any atom is -0.492 e. The van der Waals surface area contributed by atoms with Crippen molar-refractivity contribution < 1.29 is 14.3 Å². The Labute approximate surface area is 137 Å². The zero-order valence-electron chi connectivity index (χ0n) is 13.9. The van der Waals surface area contributed by atoms with Gasteiger partial charge in [-0.1, -0.05) is 24.3 Å². The molecule has 0 aliphatic rings. The van der Waals surface area contributed by atoms with E-state index in [0.29, 0.717) is 13.2 Å². The molecule has 0 bridgehead atoms. The van der Waals surface area contributed by atoms with Crippen molar-refractivity contribution in [2.45, 2.75) is 20.8 Å². The minimum atomic E-state index is -0.154. The van der Waals surface area contributed by atoms with Gasteiger partial charge in [-0.15, -0.1) is 0 Å². The molecule has 1 amide bonds. The van der Waals surface area contributed by atoms with Gasteiger partial charge in [-0.3, -0.25) is 4.79 Å². The van der Waals surface area contributed by atoms with Gasteiger partial charge in [0.1, 0.15) is 18.1 Å². The summed E-state index contributed by atoms with van der Waals surface area (Å²) in [5.41, 5.74) is 3.35. The van der Waals surface area contributed by atoms with Crippen LogP contribution in [-0.2, 0) is 4.79 Å². The Kier molecular flexibility index (Phi) is 6.03. The van der Waals surface area contributed by atoms with Crippen LogP contribution in [0, 0.1) is 20.8 Å². The fraction of sp³-hybridized carbons (Fsp3) is 0.316. The Morgan fingerprint density at radius 1 is 1.04 bits per heavy atom. The molecule has 2 rings (SSSR count).